The first-order valence-corrected chi connectivity index (χ1v) is 9.09. The maximum Gasteiger partial charge on any atom is 0.262 e. The highest BCUT2D eigenvalue weighted by molar-refractivity contribution is 7.98. The van der Waals surface area contributed by atoms with Crippen molar-refractivity contribution in [2.24, 2.45) is 0 Å². The molecule has 2 heterocycles. The number of nitrogens with zero attached hydrogens (tertiary/aromatic N) is 1. The van der Waals surface area contributed by atoms with E-state index in [1.165, 1.54) is 11.3 Å². The molecule has 0 aliphatic heterocycles. The van der Waals surface area contributed by atoms with Crippen molar-refractivity contribution >= 4 is 39.2 Å². The molecule has 2 aromatic heterocycles. The standard InChI is InChI=1S/C14H19N3O3S2/c1-7-10-12(19)15-8(2)16-14(10)22-11(7)13(20)17-9(6-18)4-5-21-3/h9,18H,4-6H2,1-3H3,(H,17,20)(H,15,16,19). The van der Waals surface area contributed by atoms with Gasteiger partial charge in [0.05, 0.1) is 22.9 Å². The van der Waals surface area contributed by atoms with Gasteiger partial charge in [-0.1, -0.05) is 0 Å². The van der Waals surface area contributed by atoms with E-state index in [2.05, 4.69) is 15.3 Å². The van der Waals surface area contributed by atoms with Crippen molar-refractivity contribution in [3.05, 3.63) is 26.6 Å². The molecule has 2 aromatic rings. The predicted molar refractivity (Wildman–Crippen MR) is 91.1 cm³/mol. The molecule has 0 radical (unpaired) electrons. The predicted octanol–water partition coefficient (Wildman–Crippen LogP) is 1.45. The number of nitrogens with one attached hydrogen (secondary N) is 2. The van der Waals surface area contributed by atoms with Crippen LogP contribution in [0.25, 0.3) is 10.2 Å². The van der Waals surface area contributed by atoms with Crippen molar-refractivity contribution in [1.82, 2.24) is 15.3 Å². The van der Waals surface area contributed by atoms with Crippen molar-refractivity contribution in [2.45, 2.75) is 26.3 Å². The second-order valence-corrected chi connectivity index (χ2v) is 7.01. The summed E-state index contributed by atoms with van der Waals surface area (Å²) in [5.41, 5.74) is 0.407. The van der Waals surface area contributed by atoms with E-state index in [1.54, 1.807) is 25.6 Å². The molecule has 0 aliphatic carbocycles. The number of thioether (sulfide) groups is 1. The molecule has 3 N–H and O–H groups in total. The van der Waals surface area contributed by atoms with Crippen LogP contribution in [0.5, 0.6) is 0 Å². The number of aromatic nitrogens is 2. The first-order valence-electron chi connectivity index (χ1n) is 6.88. The topological polar surface area (TPSA) is 95.1 Å². The lowest BCUT2D eigenvalue weighted by Crippen LogP contribution is -2.37. The first kappa shape index (κ1) is 17.0. The Hall–Kier alpha value is -1.38. The summed E-state index contributed by atoms with van der Waals surface area (Å²) in [6.07, 6.45) is 2.68. The summed E-state index contributed by atoms with van der Waals surface area (Å²) in [5, 5.41) is 12.6. The van der Waals surface area contributed by atoms with Gasteiger partial charge >= 0.3 is 0 Å². The van der Waals surface area contributed by atoms with Crippen LogP contribution < -0.4 is 10.9 Å². The number of aliphatic hydroxyl groups excluding tert-OH is 1. The Morgan fingerprint density at radius 3 is 2.86 bits per heavy atom. The Kier molecular flexibility index (Phi) is 5.60. The van der Waals surface area contributed by atoms with Gasteiger partial charge in [0, 0.05) is 0 Å². The van der Waals surface area contributed by atoms with Crippen molar-refractivity contribution < 1.29 is 9.90 Å². The Morgan fingerprint density at radius 2 is 2.23 bits per heavy atom. The zero-order chi connectivity index (χ0) is 16.3. The lowest BCUT2D eigenvalue weighted by Gasteiger charge is -2.15. The number of carbonyl (C=O) groups is 1. The second kappa shape index (κ2) is 7.26. The van der Waals surface area contributed by atoms with E-state index in [9.17, 15) is 14.7 Å². The van der Waals surface area contributed by atoms with Gasteiger partial charge in [-0.15, -0.1) is 11.3 Å². The van der Waals surface area contributed by atoms with Crippen LogP contribution in [0.1, 0.15) is 27.5 Å². The van der Waals surface area contributed by atoms with E-state index >= 15 is 0 Å². The van der Waals surface area contributed by atoms with Crippen LogP contribution in [0.4, 0.5) is 0 Å². The second-order valence-electron chi connectivity index (χ2n) is 5.02. The molecule has 0 saturated heterocycles. The number of rotatable bonds is 6. The molecule has 0 aliphatic rings. The summed E-state index contributed by atoms with van der Waals surface area (Å²) in [7, 11) is 0. The number of H-pyrrole nitrogens is 1. The summed E-state index contributed by atoms with van der Waals surface area (Å²) in [5.74, 6) is 1.12. The number of thiophene rings is 1. The zero-order valence-electron chi connectivity index (χ0n) is 12.7. The van der Waals surface area contributed by atoms with E-state index in [1.807, 2.05) is 6.26 Å². The van der Waals surface area contributed by atoms with Gasteiger partial charge in [-0.05, 0) is 37.8 Å². The van der Waals surface area contributed by atoms with E-state index in [4.69, 9.17) is 0 Å². The highest BCUT2D eigenvalue weighted by Gasteiger charge is 2.20. The fourth-order valence-electron chi connectivity index (χ4n) is 2.19. The third-order valence-corrected chi connectivity index (χ3v) is 5.18. The van der Waals surface area contributed by atoms with Gasteiger partial charge in [-0.3, -0.25) is 9.59 Å². The molecule has 2 rings (SSSR count). The normalized spacial score (nSPS) is 12.5. The quantitative estimate of drug-likeness (QED) is 0.739. The fourth-order valence-corrected chi connectivity index (χ4v) is 3.84. The molecule has 8 heteroatoms. The first-order chi connectivity index (χ1) is 10.5. The Balaban J connectivity index is 2.30. The Labute approximate surface area is 136 Å². The summed E-state index contributed by atoms with van der Waals surface area (Å²) in [4.78, 5) is 32.4. The van der Waals surface area contributed by atoms with Crippen molar-refractivity contribution in [3.8, 4) is 0 Å². The summed E-state index contributed by atoms with van der Waals surface area (Å²) in [6.45, 7) is 3.35. The number of aromatic amines is 1. The molecule has 0 saturated carbocycles. The molecule has 120 valence electrons. The molecule has 1 unspecified atom stereocenters. The monoisotopic (exact) mass is 341 g/mol. The minimum Gasteiger partial charge on any atom is -0.394 e. The third-order valence-electron chi connectivity index (χ3n) is 3.35. The average Bonchev–Trinajstić information content (AvgIpc) is 2.80. The van der Waals surface area contributed by atoms with Crippen LogP contribution in [0.2, 0.25) is 0 Å². The molecule has 1 amide bonds. The maximum absolute atomic E-state index is 12.4. The largest absolute Gasteiger partial charge is 0.394 e. The molecule has 22 heavy (non-hydrogen) atoms. The van der Waals surface area contributed by atoms with Crippen LogP contribution in [0, 0.1) is 13.8 Å². The van der Waals surface area contributed by atoms with Gasteiger partial charge in [0.15, 0.2) is 0 Å². The minimum atomic E-state index is -0.280. The fraction of sp³-hybridized carbons (Fsp3) is 0.500. The van der Waals surface area contributed by atoms with Gasteiger partial charge in [-0.25, -0.2) is 4.98 Å². The molecule has 0 aromatic carbocycles. The van der Waals surface area contributed by atoms with Crippen LogP contribution >= 0.6 is 23.1 Å². The number of aryl methyl sites for hydroxylation is 2. The number of hydrogen-bond donors (Lipinski definition) is 3. The van der Waals surface area contributed by atoms with Crippen LogP contribution in [0.15, 0.2) is 4.79 Å². The van der Waals surface area contributed by atoms with E-state index in [0.717, 1.165) is 5.75 Å². The lowest BCUT2D eigenvalue weighted by atomic mass is 10.2. The smallest absolute Gasteiger partial charge is 0.262 e. The molecular formula is C14H19N3O3S2. The number of fused-ring (bicyclic) bond motifs is 1. The number of carbonyl (C=O) groups excluding carboxylic acids is 1. The Morgan fingerprint density at radius 1 is 1.50 bits per heavy atom. The van der Waals surface area contributed by atoms with Gasteiger partial charge < -0.3 is 15.4 Å². The molecule has 6 nitrogen and oxygen atoms in total. The van der Waals surface area contributed by atoms with E-state index in [-0.39, 0.29) is 24.1 Å². The van der Waals surface area contributed by atoms with Gasteiger partial charge in [-0.2, -0.15) is 11.8 Å². The van der Waals surface area contributed by atoms with Crippen molar-refractivity contribution in [3.63, 3.8) is 0 Å². The molecule has 0 bridgehead atoms. The summed E-state index contributed by atoms with van der Waals surface area (Å²) < 4.78 is 0. The van der Waals surface area contributed by atoms with Crippen LogP contribution in [-0.2, 0) is 0 Å². The van der Waals surface area contributed by atoms with Crippen molar-refractivity contribution in [1.29, 1.82) is 0 Å². The number of amides is 1. The van der Waals surface area contributed by atoms with E-state index < -0.39 is 0 Å². The summed E-state index contributed by atoms with van der Waals surface area (Å²) >= 11 is 2.87. The molecular weight excluding hydrogens is 322 g/mol. The Bertz CT molecular complexity index is 739. The van der Waals surface area contributed by atoms with Crippen LogP contribution in [0.3, 0.4) is 0 Å². The van der Waals surface area contributed by atoms with Gasteiger partial charge in [0.2, 0.25) is 0 Å². The van der Waals surface area contributed by atoms with Gasteiger partial charge in [0.25, 0.3) is 11.5 Å². The lowest BCUT2D eigenvalue weighted by molar-refractivity contribution is 0.0919. The van der Waals surface area contributed by atoms with Crippen LogP contribution in [-0.4, -0.2) is 45.6 Å². The summed E-state index contributed by atoms with van der Waals surface area (Å²) in [6, 6.07) is -0.280. The number of aliphatic hydroxyl groups is 1. The minimum absolute atomic E-state index is 0.103. The molecule has 1 atom stereocenters. The maximum atomic E-state index is 12.4. The number of hydrogen-bond acceptors (Lipinski definition) is 6. The van der Waals surface area contributed by atoms with Crippen molar-refractivity contribution in [2.75, 3.05) is 18.6 Å². The average molecular weight is 341 g/mol. The SMILES string of the molecule is CSCCC(CO)NC(=O)c1sc2nc(C)[nH]c(=O)c2c1C. The highest BCUT2D eigenvalue weighted by Crippen LogP contribution is 2.26. The molecule has 0 fully saturated rings. The zero-order valence-corrected chi connectivity index (χ0v) is 14.4. The van der Waals surface area contributed by atoms with E-state index in [0.29, 0.717) is 32.9 Å². The van der Waals surface area contributed by atoms with Gasteiger partial charge in [0.1, 0.15) is 10.7 Å². The molecule has 0 spiro atoms. The highest BCUT2D eigenvalue weighted by atomic mass is 32.2. The third kappa shape index (κ3) is 3.50.